The highest BCUT2D eigenvalue weighted by molar-refractivity contribution is 8.01. The molecule has 2 rings (SSSR count). The van der Waals surface area contributed by atoms with Crippen LogP contribution in [0.2, 0.25) is 0 Å². The predicted octanol–water partition coefficient (Wildman–Crippen LogP) is 1.60. The topological polar surface area (TPSA) is 63.4 Å². The maximum absolute atomic E-state index is 13.8. The minimum Gasteiger partial charge on any atom is -0.353 e. The van der Waals surface area contributed by atoms with E-state index in [1.807, 2.05) is 0 Å². The maximum Gasteiger partial charge on any atom is 0.171 e. The quantitative estimate of drug-likeness (QED) is 0.913. The monoisotopic (exact) mass is 318 g/mol. The van der Waals surface area contributed by atoms with Gasteiger partial charge >= 0.3 is 0 Å². The van der Waals surface area contributed by atoms with Gasteiger partial charge in [0.15, 0.2) is 9.84 Å². The smallest absolute Gasteiger partial charge is 0.171 e. The van der Waals surface area contributed by atoms with Crippen LogP contribution in [0.4, 0.5) is 10.1 Å². The van der Waals surface area contributed by atoms with Gasteiger partial charge in [-0.3, -0.25) is 0 Å². The Bertz CT molecular complexity index is 578. The molecule has 0 aliphatic carbocycles. The summed E-state index contributed by atoms with van der Waals surface area (Å²) in [6.07, 6.45) is 0. The van der Waals surface area contributed by atoms with Gasteiger partial charge in [-0.15, -0.1) is 0 Å². The highest BCUT2D eigenvalue weighted by Crippen LogP contribution is 2.28. The molecular weight excluding hydrogens is 299 g/mol. The van der Waals surface area contributed by atoms with Crippen molar-refractivity contribution in [3.8, 4) is 0 Å². The van der Waals surface area contributed by atoms with Crippen LogP contribution in [0, 0.1) is 5.82 Å². The van der Waals surface area contributed by atoms with E-state index in [2.05, 4.69) is 0 Å². The molecule has 1 aliphatic heterocycles. The lowest BCUT2D eigenvalue weighted by atomic mass is 10.2. The average Bonchev–Trinajstić information content (AvgIpc) is 2.47. The van der Waals surface area contributed by atoms with Gasteiger partial charge in [-0.2, -0.15) is 11.8 Å². The number of halogens is 1. The number of sulfone groups is 1. The number of hydrogen-bond donors (Lipinski definition) is 1. The summed E-state index contributed by atoms with van der Waals surface area (Å²) in [6.45, 7) is 2.39. The Kier molecular flexibility index (Phi) is 4.93. The van der Waals surface area contributed by atoms with Crippen LogP contribution in [0.5, 0.6) is 0 Å². The molecule has 0 amide bonds. The van der Waals surface area contributed by atoms with Crippen LogP contribution < -0.4 is 10.6 Å². The van der Waals surface area contributed by atoms with Gasteiger partial charge in [0.2, 0.25) is 0 Å². The van der Waals surface area contributed by atoms with Crippen molar-refractivity contribution in [2.24, 2.45) is 5.73 Å². The van der Waals surface area contributed by atoms with Gasteiger partial charge in [-0.05, 0) is 12.1 Å². The minimum absolute atomic E-state index is 0.0953. The normalized spacial score (nSPS) is 20.1. The molecule has 2 N–H and O–H groups in total. The van der Waals surface area contributed by atoms with Crippen LogP contribution in [-0.2, 0) is 16.4 Å². The molecule has 1 aliphatic rings. The van der Waals surface area contributed by atoms with E-state index >= 15 is 0 Å². The van der Waals surface area contributed by atoms with Crippen molar-refractivity contribution in [3.63, 3.8) is 0 Å². The van der Waals surface area contributed by atoms with Crippen LogP contribution in [0.25, 0.3) is 0 Å². The molecule has 1 aromatic rings. The fraction of sp³-hybridized carbons (Fsp3) is 0.538. The number of nitrogens with zero attached hydrogens (tertiary/aromatic N) is 1. The van der Waals surface area contributed by atoms with Gasteiger partial charge in [0, 0.05) is 41.6 Å². The second-order valence-electron chi connectivity index (χ2n) is 4.65. The van der Waals surface area contributed by atoms with Crippen LogP contribution in [0.1, 0.15) is 12.5 Å². The fourth-order valence-corrected chi connectivity index (χ4v) is 5.24. The van der Waals surface area contributed by atoms with E-state index in [9.17, 15) is 12.8 Å². The Balaban J connectivity index is 2.35. The second-order valence-corrected chi connectivity index (χ2v) is 8.25. The number of nitrogens with two attached hydrogens (primary N) is 1. The summed E-state index contributed by atoms with van der Waals surface area (Å²) < 4.78 is 38.2. The third-order valence-corrected chi connectivity index (χ3v) is 6.78. The van der Waals surface area contributed by atoms with Crippen molar-refractivity contribution in [2.75, 3.05) is 28.7 Å². The first-order chi connectivity index (χ1) is 9.49. The summed E-state index contributed by atoms with van der Waals surface area (Å²) in [5, 5.41) is -0.575. The number of rotatable bonds is 4. The molecular formula is C13H19FN2O2S2. The lowest BCUT2D eigenvalue weighted by molar-refractivity contribution is 0.578. The SMILES string of the molecule is CCS(=O)(=O)C1CSCCN1c1ccc(CN)c(F)c1. The number of hydrogen-bond acceptors (Lipinski definition) is 5. The third-order valence-electron chi connectivity index (χ3n) is 3.49. The Labute approximate surface area is 123 Å². The number of anilines is 1. The first kappa shape index (κ1) is 15.6. The van der Waals surface area contributed by atoms with Crippen molar-refractivity contribution >= 4 is 27.3 Å². The predicted molar refractivity (Wildman–Crippen MR) is 82.2 cm³/mol. The maximum atomic E-state index is 13.8. The molecule has 1 aromatic carbocycles. The molecule has 0 radical (unpaired) electrons. The minimum atomic E-state index is -3.19. The summed E-state index contributed by atoms with van der Waals surface area (Å²) in [5.74, 6) is 1.08. The molecule has 1 unspecified atom stereocenters. The lowest BCUT2D eigenvalue weighted by Gasteiger charge is -2.36. The second kappa shape index (κ2) is 6.32. The molecule has 7 heteroatoms. The first-order valence-corrected chi connectivity index (χ1v) is 9.41. The molecule has 1 atom stereocenters. The molecule has 1 heterocycles. The van der Waals surface area contributed by atoms with Crippen molar-refractivity contribution in [1.29, 1.82) is 0 Å². The zero-order chi connectivity index (χ0) is 14.8. The van der Waals surface area contributed by atoms with E-state index in [1.165, 1.54) is 6.07 Å². The number of benzene rings is 1. The Hall–Kier alpha value is -0.790. The summed E-state index contributed by atoms with van der Waals surface area (Å²) in [7, 11) is -3.19. The molecule has 0 aromatic heterocycles. The van der Waals surface area contributed by atoms with Crippen LogP contribution in [-0.4, -0.2) is 37.6 Å². The highest BCUT2D eigenvalue weighted by Gasteiger charge is 2.33. The van der Waals surface area contributed by atoms with Crippen molar-refractivity contribution in [2.45, 2.75) is 18.8 Å². The Morgan fingerprint density at radius 1 is 1.50 bits per heavy atom. The first-order valence-electron chi connectivity index (χ1n) is 6.54. The van der Waals surface area contributed by atoms with E-state index < -0.39 is 15.2 Å². The zero-order valence-corrected chi connectivity index (χ0v) is 13.0. The Morgan fingerprint density at radius 3 is 2.85 bits per heavy atom. The lowest BCUT2D eigenvalue weighted by Crippen LogP contribution is -2.48. The van der Waals surface area contributed by atoms with Gasteiger partial charge < -0.3 is 10.6 Å². The molecule has 20 heavy (non-hydrogen) atoms. The van der Waals surface area contributed by atoms with Crippen molar-refractivity contribution in [1.82, 2.24) is 0 Å². The van der Waals surface area contributed by atoms with E-state index in [0.717, 1.165) is 5.75 Å². The van der Waals surface area contributed by atoms with Gasteiger partial charge in [0.1, 0.15) is 11.2 Å². The largest absolute Gasteiger partial charge is 0.353 e. The summed E-state index contributed by atoms with van der Waals surface area (Å²) in [4.78, 5) is 1.79. The van der Waals surface area contributed by atoms with Crippen LogP contribution >= 0.6 is 11.8 Å². The summed E-state index contributed by atoms with van der Waals surface area (Å²) in [5.41, 5.74) is 6.50. The van der Waals surface area contributed by atoms with Gasteiger partial charge in [0.05, 0.1) is 0 Å². The van der Waals surface area contributed by atoms with Crippen LogP contribution in [0.15, 0.2) is 18.2 Å². The number of thioether (sulfide) groups is 1. The van der Waals surface area contributed by atoms with Gasteiger partial charge in [-0.1, -0.05) is 13.0 Å². The summed E-state index contributed by atoms with van der Waals surface area (Å²) in [6, 6.07) is 4.76. The van der Waals surface area contributed by atoms with E-state index in [1.54, 1.807) is 35.7 Å². The molecule has 1 saturated heterocycles. The fourth-order valence-electron chi connectivity index (χ4n) is 2.25. The molecule has 4 nitrogen and oxygen atoms in total. The van der Waals surface area contributed by atoms with Crippen molar-refractivity contribution in [3.05, 3.63) is 29.6 Å². The molecule has 0 bridgehead atoms. The van der Waals surface area contributed by atoms with Gasteiger partial charge in [-0.25, -0.2) is 12.8 Å². The standard InChI is InChI=1S/C13H19FN2O2S2/c1-2-20(17,18)13-9-19-6-5-16(13)11-4-3-10(8-15)12(14)7-11/h3-4,7,13H,2,5-6,8-9,15H2,1H3. The molecule has 0 spiro atoms. The molecule has 0 saturated carbocycles. The van der Waals surface area contributed by atoms with E-state index in [-0.39, 0.29) is 18.1 Å². The van der Waals surface area contributed by atoms with E-state index in [4.69, 9.17) is 5.73 Å². The Morgan fingerprint density at radius 2 is 2.25 bits per heavy atom. The highest BCUT2D eigenvalue weighted by atomic mass is 32.2. The van der Waals surface area contributed by atoms with E-state index in [0.29, 0.717) is 23.5 Å². The summed E-state index contributed by atoms with van der Waals surface area (Å²) >= 11 is 1.62. The molecule has 112 valence electrons. The van der Waals surface area contributed by atoms with Crippen molar-refractivity contribution < 1.29 is 12.8 Å². The van der Waals surface area contributed by atoms with Gasteiger partial charge in [0.25, 0.3) is 0 Å². The molecule has 1 fully saturated rings. The average molecular weight is 318 g/mol. The van der Waals surface area contributed by atoms with Crippen LogP contribution in [0.3, 0.4) is 0 Å². The zero-order valence-electron chi connectivity index (χ0n) is 11.4. The third kappa shape index (κ3) is 3.10.